The van der Waals surface area contributed by atoms with Crippen LogP contribution in [0.4, 0.5) is 11.4 Å². The maximum atomic E-state index is 12.5. The van der Waals surface area contributed by atoms with E-state index in [1.807, 2.05) is 70.2 Å². The van der Waals surface area contributed by atoms with Gasteiger partial charge in [0.1, 0.15) is 5.75 Å². The number of nitrogens with zero attached hydrogens (tertiary/aromatic N) is 1. The van der Waals surface area contributed by atoms with Gasteiger partial charge in [0.15, 0.2) is 11.8 Å². The van der Waals surface area contributed by atoms with Crippen LogP contribution in [-0.2, 0) is 9.59 Å². The quantitative estimate of drug-likeness (QED) is 0.431. The second-order valence-corrected chi connectivity index (χ2v) is 9.51. The molecule has 1 heterocycles. The minimum atomic E-state index is -0.241. The first-order valence-corrected chi connectivity index (χ1v) is 12.1. The minimum Gasteiger partial charge on any atom is -0.484 e. The Bertz CT molecular complexity index is 1360. The fourth-order valence-corrected chi connectivity index (χ4v) is 4.37. The molecule has 2 N–H and O–H groups in total. The molecule has 0 atom stereocenters. The van der Waals surface area contributed by atoms with E-state index < -0.39 is 0 Å². The van der Waals surface area contributed by atoms with E-state index in [1.54, 1.807) is 18.2 Å². The number of amidine groups is 1. The van der Waals surface area contributed by atoms with Crippen molar-refractivity contribution in [2.45, 2.75) is 27.7 Å². The summed E-state index contributed by atoms with van der Waals surface area (Å²) in [7, 11) is 0. The van der Waals surface area contributed by atoms with Gasteiger partial charge in [-0.1, -0.05) is 35.9 Å². The van der Waals surface area contributed by atoms with Gasteiger partial charge in [-0.15, -0.1) is 0 Å². The number of ether oxygens (including phenoxy) is 1. The highest BCUT2D eigenvalue weighted by molar-refractivity contribution is 8.18. The van der Waals surface area contributed by atoms with E-state index >= 15 is 0 Å². The van der Waals surface area contributed by atoms with Crippen molar-refractivity contribution in [2.75, 3.05) is 11.9 Å². The number of carbonyl (C=O) groups is 2. The van der Waals surface area contributed by atoms with Crippen LogP contribution in [0.15, 0.2) is 70.6 Å². The van der Waals surface area contributed by atoms with Crippen molar-refractivity contribution in [3.63, 3.8) is 0 Å². The molecule has 0 bridgehead atoms. The normalized spacial score (nSPS) is 15.4. The summed E-state index contributed by atoms with van der Waals surface area (Å²) in [6.45, 7) is 7.94. The van der Waals surface area contributed by atoms with Gasteiger partial charge < -0.3 is 15.4 Å². The Labute approximate surface area is 209 Å². The van der Waals surface area contributed by atoms with Gasteiger partial charge in [0.2, 0.25) is 0 Å². The number of aliphatic imine (C=N–C) groups is 1. The molecule has 0 aliphatic carbocycles. The van der Waals surface area contributed by atoms with Gasteiger partial charge in [0, 0.05) is 5.69 Å². The molecular weight excluding hydrogens is 458 g/mol. The minimum absolute atomic E-state index is 0.116. The van der Waals surface area contributed by atoms with E-state index in [-0.39, 0.29) is 18.4 Å². The molecule has 178 valence electrons. The average Bonchev–Trinajstić information content (AvgIpc) is 3.15. The molecule has 1 aliphatic rings. The summed E-state index contributed by atoms with van der Waals surface area (Å²) in [5.41, 5.74) is 6.86. The second kappa shape index (κ2) is 10.6. The number of hydrogen-bond donors (Lipinski definition) is 2. The van der Waals surface area contributed by atoms with Crippen molar-refractivity contribution < 1.29 is 14.3 Å². The molecule has 1 saturated heterocycles. The molecule has 3 aromatic carbocycles. The lowest BCUT2D eigenvalue weighted by molar-refractivity contribution is -0.118. The zero-order valence-corrected chi connectivity index (χ0v) is 21.0. The summed E-state index contributed by atoms with van der Waals surface area (Å²) in [4.78, 5) is 29.9. The van der Waals surface area contributed by atoms with Crippen molar-refractivity contribution in [3.05, 3.63) is 93.4 Å². The molecule has 6 nitrogen and oxygen atoms in total. The van der Waals surface area contributed by atoms with E-state index in [2.05, 4.69) is 21.7 Å². The van der Waals surface area contributed by atoms with E-state index in [1.165, 1.54) is 22.9 Å². The maximum absolute atomic E-state index is 12.5. The molecular formula is C28H27N3O3S. The predicted molar refractivity (Wildman–Crippen MR) is 143 cm³/mol. The van der Waals surface area contributed by atoms with Crippen molar-refractivity contribution in [2.24, 2.45) is 4.99 Å². The Balaban J connectivity index is 1.39. The van der Waals surface area contributed by atoms with Crippen LogP contribution in [-0.4, -0.2) is 23.6 Å². The molecule has 3 aromatic rings. The molecule has 1 aliphatic heterocycles. The second-order valence-electron chi connectivity index (χ2n) is 8.48. The lowest BCUT2D eigenvalue weighted by Crippen LogP contribution is -2.20. The molecule has 0 aromatic heterocycles. The Hall–Kier alpha value is -3.84. The van der Waals surface area contributed by atoms with Gasteiger partial charge in [-0.2, -0.15) is 0 Å². The third-order valence-corrected chi connectivity index (χ3v) is 6.45. The summed E-state index contributed by atoms with van der Waals surface area (Å²) in [5, 5.41) is 6.21. The van der Waals surface area contributed by atoms with E-state index in [9.17, 15) is 9.59 Å². The maximum Gasteiger partial charge on any atom is 0.264 e. The van der Waals surface area contributed by atoms with E-state index in [4.69, 9.17) is 4.74 Å². The Morgan fingerprint density at radius 3 is 2.60 bits per heavy atom. The first kappa shape index (κ1) is 24.3. The van der Waals surface area contributed by atoms with Crippen LogP contribution < -0.4 is 15.4 Å². The molecule has 35 heavy (non-hydrogen) atoms. The predicted octanol–water partition coefficient (Wildman–Crippen LogP) is 5.83. The van der Waals surface area contributed by atoms with Crippen molar-refractivity contribution in [1.29, 1.82) is 0 Å². The number of amides is 2. The Kier molecular flexibility index (Phi) is 7.36. The number of thioether (sulfide) groups is 1. The smallest absolute Gasteiger partial charge is 0.264 e. The molecule has 1 fully saturated rings. The number of aryl methyl sites for hydroxylation is 4. The van der Waals surface area contributed by atoms with Crippen LogP contribution in [0.25, 0.3) is 6.08 Å². The van der Waals surface area contributed by atoms with Gasteiger partial charge in [-0.25, -0.2) is 4.99 Å². The highest BCUT2D eigenvalue weighted by Crippen LogP contribution is 2.30. The first-order chi connectivity index (χ1) is 16.8. The number of carbonyl (C=O) groups excluding carboxylic acids is 2. The number of nitrogens with one attached hydrogen (secondary N) is 2. The lowest BCUT2D eigenvalue weighted by Gasteiger charge is -2.09. The zero-order chi connectivity index (χ0) is 24.9. The third-order valence-electron chi connectivity index (χ3n) is 5.54. The summed E-state index contributed by atoms with van der Waals surface area (Å²) in [6.07, 6.45) is 1.78. The fourth-order valence-electron chi connectivity index (χ4n) is 3.53. The van der Waals surface area contributed by atoms with Crippen molar-refractivity contribution in [1.82, 2.24) is 5.32 Å². The summed E-state index contributed by atoms with van der Waals surface area (Å²) >= 11 is 1.29. The number of benzene rings is 3. The summed E-state index contributed by atoms with van der Waals surface area (Å²) in [6, 6.07) is 19.1. The van der Waals surface area contributed by atoms with Crippen LogP contribution in [0.1, 0.15) is 27.8 Å². The number of hydrogen-bond acceptors (Lipinski definition) is 5. The van der Waals surface area contributed by atoms with Crippen molar-refractivity contribution in [3.8, 4) is 5.75 Å². The first-order valence-electron chi connectivity index (χ1n) is 11.2. The Morgan fingerprint density at radius 2 is 1.83 bits per heavy atom. The van der Waals surface area contributed by atoms with E-state index in [0.717, 1.165) is 28.1 Å². The zero-order valence-electron chi connectivity index (χ0n) is 20.1. The average molecular weight is 486 g/mol. The number of anilines is 1. The molecule has 7 heteroatoms. The molecule has 0 unspecified atom stereocenters. The van der Waals surface area contributed by atoms with Crippen LogP contribution in [0.2, 0.25) is 0 Å². The SMILES string of the molecule is Cc1ccc(N=C2NC(=O)/C(=C\c3cccc(OCC(=O)Nc4ccc(C)c(C)c4)c3)S2)c(C)c1. The molecule has 4 rings (SSSR count). The van der Waals surface area contributed by atoms with Gasteiger partial charge in [0.25, 0.3) is 11.8 Å². The van der Waals surface area contributed by atoms with Gasteiger partial charge in [-0.3, -0.25) is 9.59 Å². The summed E-state index contributed by atoms with van der Waals surface area (Å²) < 4.78 is 5.68. The van der Waals surface area contributed by atoms with Crippen molar-refractivity contribution >= 4 is 46.2 Å². The van der Waals surface area contributed by atoms with Gasteiger partial charge >= 0.3 is 0 Å². The molecule has 2 amide bonds. The van der Waals surface area contributed by atoms with Crippen LogP contribution in [0.3, 0.4) is 0 Å². The summed E-state index contributed by atoms with van der Waals surface area (Å²) in [5.74, 6) is 0.106. The Morgan fingerprint density at radius 1 is 1.00 bits per heavy atom. The molecule has 0 radical (unpaired) electrons. The van der Waals surface area contributed by atoms with Gasteiger partial charge in [-0.05, 0) is 98.1 Å². The largest absolute Gasteiger partial charge is 0.484 e. The standard InChI is InChI=1S/C28H27N3O3S/c1-17-8-11-24(20(4)12-17)30-28-31-27(33)25(35-28)15-21-6-5-7-23(14-21)34-16-26(32)29-22-10-9-18(2)19(3)13-22/h5-15H,16H2,1-4H3,(H,29,32)(H,30,31,33)/b25-15+. The third kappa shape index (κ3) is 6.39. The van der Waals surface area contributed by atoms with Crippen LogP contribution >= 0.6 is 11.8 Å². The topological polar surface area (TPSA) is 79.8 Å². The van der Waals surface area contributed by atoms with Crippen LogP contribution in [0, 0.1) is 27.7 Å². The highest BCUT2D eigenvalue weighted by Gasteiger charge is 2.24. The molecule has 0 saturated carbocycles. The lowest BCUT2D eigenvalue weighted by atomic mass is 10.1. The molecule has 0 spiro atoms. The van der Waals surface area contributed by atoms with Gasteiger partial charge in [0.05, 0.1) is 10.6 Å². The highest BCUT2D eigenvalue weighted by atomic mass is 32.2. The van der Waals surface area contributed by atoms with Crippen LogP contribution in [0.5, 0.6) is 5.75 Å². The fraction of sp³-hybridized carbons (Fsp3) is 0.179. The van der Waals surface area contributed by atoms with E-state index in [0.29, 0.717) is 15.8 Å². The monoisotopic (exact) mass is 485 g/mol. The number of rotatable bonds is 6.